The SMILES string of the molecule is Cc1cn(-c2cc(Cl)ccc2Br)c(NC2CCCCC2)n1. The quantitative estimate of drug-likeness (QED) is 0.792. The molecule has 3 nitrogen and oxygen atoms in total. The van der Waals surface area contributed by atoms with Crippen molar-refractivity contribution < 1.29 is 0 Å². The Morgan fingerprint density at radius 3 is 2.81 bits per heavy atom. The number of halogens is 2. The Labute approximate surface area is 138 Å². The lowest BCUT2D eigenvalue weighted by atomic mass is 9.96. The molecule has 1 heterocycles. The van der Waals surface area contributed by atoms with Gasteiger partial charge in [-0.3, -0.25) is 4.57 Å². The van der Waals surface area contributed by atoms with Gasteiger partial charge in [0.05, 0.1) is 11.4 Å². The van der Waals surface area contributed by atoms with E-state index in [2.05, 4.69) is 30.8 Å². The largest absolute Gasteiger partial charge is 0.353 e. The van der Waals surface area contributed by atoms with Crippen LogP contribution in [0.25, 0.3) is 5.69 Å². The molecule has 1 saturated carbocycles. The number of aromatic nitrogens is 2. The molecule has 1 aliphatic rings. The summed E-state index contributed by atoms with van der Waals surface area (Å²) in [6.45, 7) is 2.01. The average molecular weight is 369 g/mol. The first-order valence-electron chi connectivity index (χ1n) is 7.41. The first-order chi connectivity index (χ1) is 10.1. The number of aryl methyl sites for hydroxylation is 1. The standard InChI is InChI=1S/C16H19BrClN3/c1-11-10-21(15-9-12(18)7-8-14(15)17)16(19-11)20-13-5-3-2-4-6-13/h7-10,13H,2-6H2,1H3,(H,19,20). The van der Waals surface area contributed by atoms with Gasteiger partial charge in [0.1, 0.15) is 0 Å². The molecule has 0 radical (unpaired) electrons. The third-order valence-corrected chi connectivity index (χ3v) is 4.84. The van der Waals surface area contributed by atoms with E-state index in [-0.39, 0.29) is 0 Å². The van der Waals surface area contributed by atoms with Gasteiger partial charge in [0.25, 0.3) is 0 Å². The molecule has 0 atom stereocenters. The van der Waals surface area contributed by atoms with E-state index in [0.29, 0.717) is 6.04 Å². The summed E-state index contributed by atoms with van der Waals surface area (Å²) in [5, 5.41) is 4.33. The van der Waals surface area contributed by atoms with E-state index >= 15 is 0 Å². The maximum atomic E-state index is 6.14. The molecule has 112 valence electrons. The molecule has 0 saturated heterocycles. The summed E-state index contributed by atoms with van der Waals surface area (Å²) in [7, 11) is 0. The minimum atomic E-state index is 0.525. The lowest BCUT2D eigenvalue weighted by Crippen LogP contribution is -2.24. The van der Waals surface area contributed by atoms with Gasteiger partial charge in [-0.2, -0.15) is 0 Å². The van der Waals surface area contributed by atoms with Crippen molar-refractivity contribution >= 4 is 33.5 Å². The number of rotatable bonds is 3. The Morgan fingerprint density at radius 2 is 2.05 bits per heavy atom. The van der Waals surface area contributed by atoms with Gasteiger partial charge in [0.15, 0.2) is 0 Å². The molecule has 1 fully saturated rings. The summed E-state index contributed by atoms with van der Waals surface area (Å²) in [5.74, 6) is 0.905. The fourth-order valence-electron chi connectivity index (χ4n) is 2.88. The minimum absolute atomic E-state index is 0.525. The van der Waals surface area contributed by atoms with Crippen molar-refractivity contribution in [3.05, 3.63) is 39.6 Å². The van der Waals surface area contributed by atoms with Gasteiger partial charge in [0.2, 0.25) is 5.95 Å². The van der Waals surface area contributed by atoms with Crippen LogP contribution in [0.5, 0.6) is 0 Å². The highest BCUT2D eigenvalue weighted by molar-refractivity contribution is 9.10. The van der Waals surface area contributed by atoms with E-state index in [1.165, 1.54) is 32.1 Å². The van der Waals surface area contributed by atoms with Crippen LogP contribution in [0.1, 0.15) is 37.8 Å². The second-order valence-corrected chi connectivity index (χ2v) is 6.94. The van der Waals surface area contributed by atoms with Gasteiger partial charge < -0.3 is 5.32 Å². The molecular weight excluding hydrogens is 350 g/mol. The summed E-state index contributed by atoms with van der Waals surface area (Å²) >= 11 is 9.74. The van der Waals surface area contributed by atoms with E-state index in [4.69, 9.17) is 11.6 Å². The topological polar surface area (TPSA) is 29.9 Å². The first kappa shape index (κ1) is 14.9. The van der Waals surface area contributed by atoms with Gasteiger partial charge in [-0.15, -0.1) is 0 Å². The van der Waals surface area contributed by atoms with E-state index in [9.17, 15) is 0 Å². The molecule has 0 spiro atoms. The summed E-state index contributed by atoms with van der Waals surface area (Å²) < 4.78 is 3.09. The zero-order valence-corrected chi connectivity index (χ0v) is 14.4. The van der Waals surface area contributed by atoms with Crippen molar-refractivity contribution in [2.75, 3.05) is 5.32 Å². The molecule has 2 aromatic rings. The monoisotopic (exact) mass is 367 g/mol. The zero-order valence-electron chi connectivity index (χ0n) is 12.1. The number of benzene rings is 1. The van der Waals surface area contributed by atoms with Gasteiger partial charge in [-0.1, -0.05) is 30.9 Å². The molecule has 1 aromatic heterocycles. The Bertz CT molecular complexity index is 632. The second-order valence-electron chi connectivity index (χ2n) is 5.65. The lowest BCUT2D eigenvalue weighted by molar-refractivity contribution is 0.460. The van der Waals surface area contributed by atoms with Crippen molar-refractivity contribution in [3.8, 4) is 5.69 Å². The van der Waals surface area contributed by atoms with Crippen LogP contribution in [-0.2, 0) is 0 Å². The van der Waals surface area contributed by atoms with E-state index in [0.717, 1.165) is 26.8 Å². The van der Waals surface area contributed by atoms with Gasteiger partial charge in [-0.05, 0) is 53.9 Å². The molecule has 1 aliphatic carbocycles. The number of imidazole rings is 1. The van der Waals surface area contributed by atoms with Gasteiger partial charge in [0, 0.05) is 21.7 Å². The molecular formula is C16H19BrClN3. The normalized spacial score (nSPS) is 16.1. The Morgan fingerprint density at radius 1 is 1.29 bits per heavy atom. The Kier molecular flexibility index (Phi) is 4.55. The summed E-state index contributed by atoms with van der Waals surface area (Å²) in [6.07, 6.45) is 8.45. The maximum absolute atomic E-state index is 6.14. The highest BCUT2D eigenvalue weighted by Gasteiger charge is 2.17. The molecule has 0 unspecified atom stereocenters. The van der Waals surface area contributed by atoms with E-state index < -0.39 is 0 Å². The zero-order chi connectivity index (χ0) is 14.8. The summed E-state index contributed by atoms with van der Waals surface area (Å²) in [4.78, 5) is 4.64. The lowest BCUT2D eigenvalue weighted by Gasteiger charge is -2.23. The molecule has 0 aliphatic heterocycles. The van der Waals surface area contributed by atoms with Crippen molar-refractivity contribution in [2.24, 2.45) is 0 Å². The Balaban J connectivity index is 1.93. The van der Waals surface area contributed by atoms with Crippen molar-refractivity contribution in [1.82, 2.24) is 9.55 Å². The predicted octanol–water partition coefficient (Wildman–Crippen LogP) is 5.34. The molecule has 5 heteroatoms. The van der Waals surface area contributed by atoms with Crippen LogP contribution in [0, 0.1) is 6.92 Å². The summed E-state index contributed by atoms with van der Waals surface area (Å²) in [5.41, 5.74) is 2.02. The average Bonchev–Trinajstić information content (AvgIpc) is 2.83. The minimum Gasteiger partial charge on any atom is -0.353 e. The number of hydrogen-bond donors (Lipinski definition) is 1. The van der Waals surface area contributed by atoms with Crippen LogP contribution in [0.3, 0.4) is 0 Å². The highest BCUT2D eigenvalue weighted by Crippen LogP contribution is 2.29. The number of nitrogens with zero attached hydrogens (tertiary/aromatic N) is 2. The fourth-order valence-corrected chi connectivity index (χ4v) is 3.49. The van der Waals surface area contributed by atoms with E-state index in [1.807, 2.05) is 31.3 Å². The van der Waals surface area contributed by atoms with Crippen molar-refractivity contribution in [3.63, 3.8) is 0 Å². The first-order valence-corrected chi connectivity index (χ1v) is 8.58. The third-order valence-electron chi connectivity index (χ3n) is 3.93. The third kappa shape index (κ3) is 3.43. The molecule has 3 rings (SSSR count). The van der Waals surface area contributed by atoms with Crippen LogP contribution in [-0.4, -0.2) is 15.6 Å². The molecule has 0 amide bonds. The smallest absolute Gasteiger partial charge is 0.207 e. The van der Waals surface area contributed by atoms with Crippen LogP contribution in [0.4, 0.5) is 5.95 Å². The second kappa shape index (κ2) is 6.41. The predicted molar refractivity (Wildman–Crippen MR) is 91.5 cm³/mol. The maximum Gasteiger partial charge on any atom is 0.207 e. The molecule has 0 bridgehead atoms. The molecule has 21 heavy (non-hydrogen) atoms. The van der Waals surface area contributed by atoms with E-state index in [1.54, 1.807) is 0 Å². The van der Waals surface area contributed by atoms with Crippen LogP contribution < -0.4 is 5.32 Å². The van der Waals surface area contributed by atoms with Crippen LogP contribution in [0.2, 0.25) is 5.02 Å². The molecule has 1 aromatic carbocycles. The van der Waals surface area contributed by atoms with Gasteiger partial charge in [-0.25, -0.2) is 4.98 Å². The fraction of sp³-hybridized carbons (Fsp3) is 0.438. The number of hydrogen-bond acceptors (Lipinski definition) is 2. The van der Waals surface area contributed by atoms with Crippen molar-refractivity contribution in [2.45, 2.75) is 45.1 Å². The highest BCUT2D eigenvalue weighted by atomic mass is 79.9. The van der Waals surface area contributed by atoms with Crippen LogP contribution in [0.15, 0.2) is 28.9 Å². The summed E-state index contributed by atoms with van der Waals surface area (Å²) in [6, 6.07) is 6.33. The van der Waals surface area contributed by atoms with Crippen LogP contribution >= 0.6 is 27.5 Å². The van der Waals surface area contributed by atoms with Crippen molar-refractivity contribution in [1.29, 1.82) is 0 Å². The number of anilines is 1. The van der Waals surface area contributed by atoms with Gasteiger partial charge >= 0.3 is 0 Å². The number of nitrogens with one attached hydrogen (secondary N) is 1. The Hall–Kier alpha value is -1.00. The molecule has 1 N–H and O–H groups in total.